The van der Waals surface area contributed by atoms with Crippen molar-refractivity contribution in [3.63, 3.8) is 0 Å². The van der Waals surface area contributed by atoms with Crippen LogP contribution in [0.1, 0.15) is 27.2 Å². The standard InChI is InChI=1S/C17H32NO4Si/c1-8-11-21-15(19)18-10-9-14(12-22-23(6)7)17(18,13-20-5)16(2,3)4/h8,14H,1,9-13H2,2-7H3. The second-order valence-corrected chi connectivity index (χ2v) is 9.43. The van der Waals surface area contributed by atoms with Crippen LogP contribution >= 0.6 is 0 Å². The molecule has 0 aromatic rings. The molecule has 2 unspecified atom stereocenters. The number of amides is 1. The first-order valence-electron chi connectivity index (χ1n) is 8.18. The van der Waals surface area contributed by atoms with Gasteiger partial charge in [-0.2, -0.15) is 0 Å². The van der Waals surface area contributed by atoms with Crippen molar-refractivity contribution in [1.82, 2.24) is 4.90 Å². The Kier molecular flexibility index (Phi) is 7.29. The van der Waals surface area contributed by atoms with Crippen LogP contribution in [0.25, 0.3) is 0 Å². The largest absolute Gasteiger partial charge is 0.445 e. The summed E-state index contributed by atoms with van der Waals surface area (Å²) in [5, 5.41) is 0. The summed E-state index contributed by atoms with van der Waals surface area (Å²) in [5.74, 6) is 0.235. The first-order valence-corrected chi connectivity index (χ1v) is 10.6. The number of carbonyl (C=O) groups excluding carboxylic acids is 1. The van der Waals surface area contributed by atoms with Gasteiger partial charge in [-0.1, -0.05) is 33.4 Å². The Morgan fingerprint density at radius 3 is 2.57 bits per heavy atom. The van der Waals surface area contributed by atoms with Crippen molar-refractivity contribution < 1.29 is 18.7 Å². The molecule has 1 heterocycles. The molecule has 0 aromatic carbocycles. The van der Waals surface area contributed by atoms with E-state index in [9.17, 15) is 4.79 Å². The predicted molar refractivity (Wildman–Crippen MR) is 93.9 cm³/mol. The molecule has 0 bridgehead atoms. The third kappa shape index (κ3) is 4.36. The third-order valence-electron chi connectivity index (χ3n) is 4.64. The van der Waals surface area contributed by atoms with Crippen LogP contribution in [0.15, 0.2) is 12.7 Å². The molecule has 6 heteroatoms. The molecule has 0 spiro atoms. The van der Waals surface area contributed by atoms with Crippen LogP contribution in [-0.2, 0) is 13.9 Å². The van der Waals surface area contributed by atoms with Gasteiger partial charge in [0.05, 0.1) is 12.1 Å². The van der Waals surface area contributed by atoms with Crippen LogP contribution in [0.2, 0.25) is 13.1 Å². The van der Waals surface area contributed by atoms with Gasteiger partial charge >= 0.3 is 6.09 Å². The van der Waals surface area contributed by atoms with Crippen molar-refractivity contribution in [2.24, 2.45) is 11.3 Å². The lowest BCUT2D eigenvalue weighted by atomic mass is 9.67. The summed E-state index contributed by atoms with van der Waals surface area (Å²) in [6.07, 6.45) is 2.20. The SMILES string of the molecule is C=CCOC(=O)N1CCC(CO[Si](C)C)C1(COC)C(C)(C)C. The van der Waals surface area contributed by atoms with Crippen molar-refractivity contribution >= 4 is 15.1 Å². The number of methoxy groups -OCH3 is 1. The van der Waals surface area contributed by atoms with Gasteiger partial charge < -0.3 is 13.9 Å². The quantitative estimate of drug-likeness (QED) is 0.526. The predicted octanol–water partition coefficient (Wildman–Crippen LogP) is 3.33. The number of likely N-dealkylation sites (tertiary alicyclic amines) is 1. The monoisotopic (exact) mass is 342 g/mol. The molecule has 0 aromatic heterocycles. The van der Waals surface area contributed by atoms with E-state index in [1.54, 1.807) is 13.2 Å². The Bertz CT molecular complexity index is 408. The summed E-state index contributed by atoms with van der Waals surface area (Å²) < 4.78 is 16.9. The number of carbonyl (C=O) groups is 1. The Morgan fingerprint density at radius 2 is 2.09 bits per heavy atom. The van der Waals surface area contributed by atoms with Gasteiger partial charge in [0.1, 0.15) is 6.61 Å². The van der Waals surface area contributed by atoms with Crippen molar-refractivity contribution in [2.75, 3.05) is 33.5 Å². The van der Waals surface area contributed by atoms with Crippen molar-refractivity contribution in [3.8, 4) is 0 Å². The lowest BCUT2D eigenvalue weighted by Gasteiger charge is -2.50. The zero-order valence-electron chi connectivity index (χ0n) is 15.5. The Morgan fingerprint density at radius 1 is 1.43 bits per heavy atom. The molecule has 5 nitrogen and oxygen atoms in total. The lowest BCUT2D eigenvalue weighted by Crippen LogP contribution is -2.62. The first-order chi connectivity index (χ1) is 10.7. The number of ether oxygens (including phenoxy) is 2. The fraction of sp³-hybridized carbons (Fsp3) is 0.824. The first kappa shape index (κ1) is 20.2. The van der Waals surface area contributed by atoms with Gasteiger partial charge in [-0.15, -0.1) is 0 Å². The van der Waals surface area contributed by atoms with E-state index in [2.05, 4.69) is 40.4 Å². The molecule has 1 aliphatic heterocycles. The second-order valence-electron chi connectivity index (χ2n) is 7.33. The summed E-state index contributed by atoms with van der Waals surface area (Å²) >= 11 is 0. The van der Waals surface area contributed by atoms with Gasteiger partial charge in [0.2, 0.25) is 9.04 Å². The summed E-state index contributed by atoms with van der Waals surface area (Å²) in [4.78, 5) is 14.4. The van der Waals surface area contributed by atoms with Gasteiger partial charge in [0.25, 0.3) is 0 Å². The smallest absolute Gasteiger partial charge is 0.410 e. The number of rotatable bonds is 7. The van der Waals surface area contributed by atoms with Crippen molar-refractivity contribution in [1.29, 1.82) is 0 Å². The van der Waals surface area contributed by atoms with Crippen LogP contribution in [0, 0.1) is 11.3 Å². The fourth-order valence-corrected chi connectivity index (χ4v) is 4.08. The van der Waals surface area contributed by atoms with Gasteiger partial charge in [0.15, 0.2) is 0 Å². The van der Waals surface area contributed by atoms with E-state index in [1.807, 2.05) is 4.90 Å². The van der Waals surface area contributed by atoms with E-state index in [0.717, 1.165) is 6.42 Å². The summed E-state index contributed by atoms with van der Waals surface area (Å²) in [7, 11) is 0.916. The minimum absolute atomic E-state index is 0.158. The summed E-state index contributed by atoms with van der Waals surface area (Å²) in [5.41, 5.74) is -0.591. The van der Waals surface area contributed by atoms with Crippen molar-refractivity contribution in [2.45, 2.75) is 45.8 Å². The molecule has 1 fully saturated rings. The zero-order chi connectivity index (χ0) is 17.7. The van der Waals surface area contributed by atoms with Crippen LogP contribution in [-0.4, -0.2) is 59.0 Å². The topological polar surface area (TPSA) is 48.0 Å². The summed E-state index contributed by atoms with van der Waals surface area (Å²) in [6.45, 7) is 16.4. The van der Waals surface area contributed by atoms with Crippen molar-refractivity contribution in [3.05, 3.63) is 12.7 Å². The molecule has 1 rings (SSSR count). The van der Waals surface area contributed by atoms with Crippen LogP contribution in [0.5, 0.6) is 0 Å². The number of hydrogen-bond donors (Lipinski definition) is 0. The Hall–Kier alpha value is -0.853. The highest BCUT2D eigenvalue weighted by Crippen LogP contribution is 2.48. The van der Waals surface area contributed by atoms with Gasteiger partial charge in [0, 0.05) is 26.2 Å². The molecule has 0 N–H and O–H groups in total. The second kappa shape index (κ2) is 8.31. The zero-order valence-corrected chi connectivity index (χ0v) is 16.5. The van der Waals surface area contributed by atoms with Gasteiger partial charge in [-0.3, -0.25) is 4.90 Å². The average Bonchev–Trinajstić information content (AvgIpc) is 2.82. The van der Waals surface area contributed by atoms with Crippen LogP contribution < -0.4 is 0 Å². The molecular weight excluding hydrogens is 310 g/mol. The highest BCUT2D eigenvalue weighted by molar-refractivity contribution is 6.48. The molecule has 1 amide bonds. The molecule has 23 heavy (non-hydrogen) atoms. The van der Waals surface area contributed by atoms with E-state index in [0.29, 0.717) is 19.8 Å². The molecule has 1 saturated heterocycles. The molecule has 2 atom stereocenters. The normalized spacial score (nSPS) is 25.0. The number of hydrogen-bond acceptors (Lipinski definition) is 4. The highest BCUT2D eigenvalue weighted by atomic mass is 28.3. The van der Waals surface area contributed by atoms with E-state index < -0.39 is 14.6 Å². The maximum Gasteiger partial charge on any atom is 0.410 e. The minimum Gasteiger partial charge on any atom is -0.445 e. The van der Waals surface area contributed by atoms with Crippen LogP contribution in [0.3, 0.4) is 0 Å². The maximum absolute atomic E-state index is 12.6. The van der Waals surface area contributed by atoms with E-state index in [4.69, 9.17) is 13.9 Å². The molecule has 0 saturated carbocycles. The van der Waals surface area contributed by atoms with Crippen LogP contribution in [0.4, 0.5) is 4.79 Å². The molecule has 1 aliphatic rings. The van der Waals surface area contributed by atoms with Gasteiger partial charge in [-0.05, 0) is 24.9 Å². The number of nitrogens with zero attached hydrogens (tertiary/aromatic N) is 1. The van der Waals surface area contributed by atoms with E-state index in [-0.39, 0.29) is 24.0 Å². The molecular formula is C17H32NO4Si. The third-order valence-corrected chi connectivity index (χ3v) is 5.38. The molecule has 0 aliphatic carbocycles. The average molecular weight is 343 g/mol. The van der Waals surface area contributed by atoms with E-state index >= 15 is 0 Å². The van der Waals surface area contributed by atoms with E-state index in [1.165, 1.54) is 0 Å². The molecule has 1 radical (unpaired) electrons. The lowest BCUT2D eigenvalue weighted by molar-refractivity contribution is -0.0631. The Labute approximate surface area is 142 Å². The van der Waals surface area contributed by atoms with Gasteiger partial charge in [-0.25, -0.2) is 4.79 Å². The Balaban J connectivity index is 3.13. The highest BCUT2D eigenvalue weighted by Gasteiger charge is 2.58. The minimum atomic E-state index is -0.771. The maximum atomic E-state index is 12.6. The fourth-order valence-electron chi connectivity index (χ4n) is 3.54. The molecule has 133 valence electrons. The summed E-state index contributed by atoms with van der Waals surface area (Å²) in [6, 6.07) is 0.